The minimum atomic E-state index is -0.350. The minimum Gasteiger partial charge on any atom is -0.396 e. The van der Waals surface area contributed by atoms with Gasteiger partial charge in [-0.1, -0.05) is 41.7 Å². The van der Waals surface area contributed by atoms with Crippen molar-refractivity contribution in [2.75, 3.05) is 24.6 Å². The average molecular weight is 388 g/mol. The highest BCUT2D eigenvalue weighted by Crippen LogP contribution is 2.28. The summed E-state index contributed by atoms with van der Waals surface area (Å²) in [7, 11) is 0. The minimum absolute atomic E-state index is 0.0853. The van der Waals surface area contributed by atoms with Gasteiger partial charge in [0, 0.05) is 32.5 Å². The highest BCUT2D eigenvalue weighted by Gasteiger charge is 2.36. The summed E-state index contributed by atoms with van der Waals surface area (Å²) in [5, 5.41) is 21.4. The van der Waals surface area contributed by atoms with Crippen molar-refractivity contribution in [2.45, 2.75) is 32.1 Å². The normalized spacial score (nSPS) is 16.7. The van der Waals surface area contributed by atoms with E-state index in [-0.39, 0.29) is 30.8 Å². The van der Waals surface area contributed by atoms with Crippen LogP contribution in [0.5, 0.6) is 0 Å². The zero-order chi connectivity index (χ0) is 19.1. The molecule has 1 aliphatic heterocycles. The van der Waals surface area contributed by atoms with Gasteiger partial charge >= 0.3 is 0 Å². The second-order valence-electron chi connectivity index (χ2n) is 6.62. The quantitative estimate of drug-likeness (QED) is 0.638. The molecule has 1 atom stereocenters. The fourth-order valence-electron chi connectivity index (χ4n) is 3.03. The van der Waals surface area contributed by atoms with Crippen LogP contribution in [0, 0.1) is 5.92 Å². The maximum atomic E-state index is 12.3. The van der Waals surface area contributed by atoms with Crippen molar-refractivity contribution in [3.63, 3.8) is 0 Å². The first kappa shape index (κ1) is 19.4. The monoisotopic (exact) mass is 388 g/mol. The highest BCUT2D eigenvalue weighted by atomic mass is 32.1. The van der Waals surface area contributed by atoms with Crippen molar-refractivity contribution < 1.29 is 14.7 Å². The Morgan fingerprint density at radius 3 is 2.81 bits per heavy atom. The topological polar surface area (TPSA) is 95.4 Å². The van der Waals surface area contributed by atoms with E-state index in [1.165, 1.54) is 11.3 Å². The third-order valence-corrected chi connectivity index (χ3v) is 5.46. The fourth-order valence-corrected chi connectivity index (χ4v) is 3.93. The summed E-state index contributed by atoms with van der Waals surface area (Å²) >= 11 is 1.40. The van der Waals surface area contributed by atoms with E-state index in [2.05, 4.69) is 15.5 Å². The SMILES string of the molecule is O=C(NCCCCCO)C1CC(=O)N(c2nnc(Cc3ccccc3)s2)C1. The van der Waals surface area contributed by atoms with E-state index in [1.807, 2.05) is 30.3 Å². The van der Waals surface area contributed by atoms with Crippen LogP contribution in [0.3, 0.4) is 0 Å². The molecular formula is C19H24N4O3S. The number of aromatic nitrogens is 2. The van der Waals surface area contributed by atoms with E-state index in [0.29, 0.717) is 24.6 Å². The molecule has 2 heterocycles. The van der Waals surface area contributed by atoms with Gasteiger partial charge in [-0.3, -0.25) is 14.5 Å². The second kappa shape index (κ2) is 9.57. The number of carbonyl (C=O) groups is 2. The third kappa shape index (κ3) is 5.33. The molecule has 0 bridgehead atoms. The predicted octanol–water partition coefficient (Wildman–Crippen LogP) is 1.76. The number of hydrogen-bond donors (Lipinski definition) is 2. The first-order valence-corrected chi connectivity index (χ1v) is 10.0. The molecule has 7 nitrogen and oxygen atoms in total. The molecule has 1 saturated heterocycles. The van der Waals surface area contributed by atoms with Crippen molar-refractivity contribution in [1.29, 1.82) is 0 Å². The molecule has 2 N–H and O–H groups in total. The molecule has 1 aromatic carbocycles. The van der Waals surface area contributed by atoms with Gasteiger partial charge in [0.2, 0.25) is 16.9 Å². The molecule has 1 aliphatic rings. The van der Waals surface area contributed by atoms with Gasteiger partial charge in [0.25, 0.3) is 0 Å². The Morgan fingerprint density at radius 2 is 2.04 bits per heavy atom. The fraction of sp³-hybridized carbons (Fsp3) is 0.474. The summed E-state index contributed by atoms with van der Waals surface area (Å²) < 4.78 is 0. The standard InChI is InChI=1S/C19H24N4O3S/c24-10-6-2-5-9-20-18(26)15-12-17(25)23(13-15)19-22-21-16(27-19)11-14-7-3-1-4-8-14/h1,3-4,7-8,15,24H,2,5-6,9-13H2,(H,20,26). The Bertz CT molecular complexity index is 765. The number of aliphatic hydroxyl groups is 1. The van der Waals surface area contributed by atoms with Gasteiger partial charge in [0.05, 0.1) is 5.92 Å². The van der Waals surface area contributed by atoms with Crippen LogP contribution in [-0.2, 0) is 16.0 Å². The number of nitrogens with zero attached hydrogens (tertiary/aromatic N) is 3. The zero-order valence-corrected chi connectivity index (χ0v) is 16.0. The predicted molar refractivity (Wildman–Crippen MR) is 104 cm³/mol. The number of anilines is 1. The van der Waals surface area contributed by atoms with Crippen molar-refractivity contribution in [3.8, 4) is 0 Å². The summed E-state index contributed by atoms with van der Waals surface area (Å²) in [5.74, 6) is -0.529. The van der Waals surface area contributed by atoms with E-state index >= 15 is 0 Å². The first-order chi connectivity index (χ1) is 13.2. The van der Waals surface area contributed by atoms with Crippen LogP contribution >= 0.6 is 11.3 Å². The number of aliphatic hydroxyl groups excluding tert-OH is 1. The number of hydrogen-bond acceptors (Lipinski definition) is 6. The molecule has 27 heavy (non-hydrogen) atoms. The van der Waals surface area contributed by atoms with Crippen molar-refractivity contribution in [2.24, 2.45) is 5.92 Å². The molecule has 0 spiro atoms. The van der Waals surface area contributed by atoms with E-state index in [0.717, 1.165) is 29.8 Å². The molecular weight excluding hydrogens is 364 g/mol. The molecule has 3 rings (SSSR count). The highest BCUT2D eigenvalue weighted by molar-refractivity contribution is 7.15. The number of benzene rings is 1. The largest absolute Gasteiger partial charge is 0.396 e. The maximum Gasteiger partial charge on any atom is 0.229 e. The number of carbonyl (C=O) groups excluding carboxylic acids is 2. The summed E-state index contributed by atoms with van der Waals surface area (Å²) in [6.45, 7) is 1.10. The summed E-state index contributed by atoms with van der Waals surface area (Å²) in [6, 6.07) is 9.99. The van der Waals surface area contributed by atoms with Gasteiger partial charge in [0.1, 0.15) is 5.01 Å². The Morgan fingerprint density at radius 1 is 1.22 bits per heavy atom. The Kier molecular flexibility index (Phi) is 6.89. The lowest BCUT2D eigenvalue weighted by atomic mass is 10.1. The second-order valence-corrected chi connectivity index (χ2v) is 7.66. The van der Waals surface area contributed by atoms with E-state index in [4.69, 9.17) is 5.11 Å². The van der Waals surface area contributed by atoms with Gasteiger partial charge in [-0.2, -0.15) is 0 Å². The number of amides is 2. The summed E-state index contributed by atoms with van der Waals surface area (Å²) in [6.07, 6.45) is 3.33. The first-order valence-electron chi connectivity index (χ1n) is 9.22. The molecule has 1 fully saturated rings. The van der Waals surface area contributed by atoms with Crippen LogP contribution in [0.15, 0.2) is 30.3 Å². The number of rotatable bonds is 9. The van der Waals surface area contributed by atoms with Gasteiger partial charge in [-0.15, -0.1) is 10.2 Å². The number of nitrogens with one attached hydrogen (secondary N) is 1. The molecule has 1 unspecified atom stereocenters. The van der Waals surface area contributed by atoms with Crippen LogP contribution in [0.25, 0.3) is 0 Å². The van der Waals surface area contributed by atoms with Crippen molar-refractivity contribution in [1.82, 2.24) is 15.5 Å². The van der Waals surface area contributed by atoms with Crippen LogP contribution in [0.1, 0.15) is 36.3 Å². The van der Waals surface area contributed by atoms with Crippen LogP contribution < -0.4 is 10.2 Å². The van der Waals surface area contributed by atoms with Crippen LogP contribution in [0.2, 0.25) is 0 Å². The molecule has 2 aromatic rings. The van der Waals surface area contributed by atoms with Gasteiger partial charge in [-0.25, -0.2) is 0 Å². The van der Waals surface area contributed by atoms with Crippen LogP contribution in [0.4, 0.5) is 5.13 Å². The molecule has 0 aliphatic carbocycles. The van der Waals surface area contributed by atoms with Crippen LogP contribution in [-0.4, -0.2) is 46.8 Å². The molecule has 2 amide bonds. The van der Waals surface area contributed by atoms with E-state index in [9.17, 15) is 9.59 Å². The molecule has 8 heteroatoms. The van der Waals surface area contributed by atoms with Gasteiger partial charge < -0.3 is 10.4 Å². The Labute approximate surface area is 162 Å². The molecule has 1 aromatic heterocycles. The molecule has 0 radical (unpaired) electrons. The summed E-state index contributed by atoms with van der Waals surface area (Å²) in [4.78, 5) is 26.2. The molecule has 0 saturated carbocycles. The number of unbranched alkanes of at least 4 members (excludes halogenated alkanes) is 2. The van der Waals surface area contributed by atoms with E-state index < -0.39 is 0 Å². The van der Waals surface area contributed by atoms with Crippen molar-refractivity contribution >= 4 is 28.3 Å². The zero-order valence-electron chi connectivity index (χ0n) is 15.1. The Hall–Kier alpha value is -2.32. The van der Waals surface area contributed by atoms with Gasteiger partial charge in [0.15, 0.2) is 0 Å². The smallest absolute Gasteiger partial charge is 0.229 e. The lowest BCUT2D eigenvalue weighted by Gasteiger charge is -2.12. The van der Waals surface area contributed by atoms with Gasteiger partial charge in [-0.05, 0) is 24.8 Å². The lowest BCUT2D eigenvalue weighted by molar-refractivity contribution is -0.126. The maximum absolute atomic E-state index is 12.3. The molecule has 144 valence electrons. The Balaban J connectivity index is 1.52. The average Bonchev–Trinajstić information content (AvgIpc) is 3.28. The summed E-state index contributed by atoms with van der Waals surface area (Å²) in [5.41, 5.74) is 1.14. The van der Waals surface area contributed by atoms with Crippen molar-refractivity contribution in [3.05, 3.63) is 40.9 Å². The third-order valence-electron chi connectivity index (χ3n) is 4.52. The van der Waals surface area contributed by atoms with E-state index in [1.54, 1.807) is 4.90 Å². The lowest BCUT2D eigenvalue weighted by Crippen LogP contribution is -2.33.